The third-order valence-electron chi connectivity index (χ3n) is 2.06. The molecule has 0 aliphatic heterocycles. The number of aromatic amines is 1. The summed E-state index contributed by atoms with van der Waals surface area (Å²) < 4.78 is 0. The minimum atomic E-state index is -0.986. The fourth-order valence-corrected chi connectivity index (χ4v) is 1.89. The highest BCUT2D eigenvalue weighted by Gasteiger charge is 2.16. The molecule has 7 heteroatoms. The number of hydrogen-bond acceptors (Lipinski definition) is 5. The predicted octanol–water partition coefficient (Wildman–Crippen LogP) is 0.769. The number of aliphatic carboxylic acids is 1. The third kappa shape index (κ3) is 3.07. The van der Waals surface area contributed by atoms with E-state index in [0.717, 1.165) is 11.8 Å². The minimum absolute atomic E-state index is 0.0140. The summed E-state index contributed by atoms with van der Waals surface area (Å²) in [6, 6.07) is 1.79. The number of carboxylic acids is 1. The van der Waals surface area contributed by atoms with E-state index in [4.69, 9.17) is 10.4 Å². The molecule has 0 saturated carbocycles. The number of hydrogen-bond donors (Lipinski definition) is 2. The summed E-state index contributed by atoms with van der Waals surface area (Å²) in [5.74, 6) is -0.986. The molecule has 1 atom stereocenters. The number of thioether (sulfide) groups is 1. The molecule has 0 aliphatic rings. The molecule has 0 spiro atoms. The second kappa shape index (κ2) is 5.50. The van der Waals surface area contributed by atoms with Gasteiger partial charge < -0.3 is 10.1 Å². The van der Waals surface area contributed by atoms with Crippen LogP contribution in [-0.4, -0.2) is 26.3 Å². The molecule has 17 heavy (non-hydrogen) atoms. The Hall–Kier alpha value is -1.81. The smallest absolute Gasteiger partial charge is 0.316 e. The highest BCUT2D eigenvalue weighted by molar-refractivity contribution is 8.00. The van der Waals surface area contributed by atoms with Crippen molar-refractivity contribution in [1.82, 2.24) is 9.97 Å². The summed E-state index contributed by atoms with van der Waals surface area (Å²) in [5, 5.41) is 17.0. The van der Waals surface area contributed by atoms with Crippen LogP contribution in [0.5, 0.6) is 0 Å². The maximum atomic E-state index is 11.5. The van der Waals surface area contributed by atoms with Gasteiger partial charge in [0.15, 0.2) is 5.16 Å². The van der Waals surface area contributed by atoms with Crippen LogP contribution < -0.4 is 5.56 Å². The van der Waals surface area contributed by atoms with Crippen molar-refractivity contribution in [1.29, 1.82) is 5.26 Å². The van der Waals surface area contributed by atoms with Crippen molar-refractivity contribution >= 4 is 17.7 Å². The van der Waals surface area contributed by atoms with Crippen LogP contribution in [-0.2, 0) is 11.2 Å². The molecule has 0 unspecified atom stereocenters. The third-order valence-corrected chi connectivity index (χ3v) is 3.03. The fourth-order valence-electron chi connectivity index (χ4n) is 1.14. The molecule has 2 N–H and O–H groups in total. The molecule has 0 fully saturated rings. The van der Waals surface area contributed by atoms with Crippen LogP contribution in [0.15, 0.2) is 9.95 Å². The van der Waals surface area contributed by atoms with E-state index in [1.807, 2.05) is 0 Å². The van der Waals surface area contributed by atoms with Gasteiger partial charge in [0, 0.05) is 0 Å². The highest BCUT2D eigenvalue weighted by atomic mass is 32.2. The number of nitriles is 1. The molecule has 0 aliphatic carbocycles. The number of H-pyrrole nitrogens is 1. The van der Waals surface area contributed by atoms with Crippen LogP contribution >= 0.6 is 11.8 Å². The van der Waals surface area contributed by atoms with Gasteiger partial charge in [-0.15, -0.1) is 0 Å². The summed E-state index contributed by atoms with van der Waals surface area (Å²) in [7, 11) is 0. The first-order chi connectivity index (χ1) is 7.99. The monoisotopic (exact) mass is 253 g/mol. The first kappa shape index (κ1) is 13.3. The van der Waals surface area contributed by atoms with Gasteiger partial charge in [-0.1, -0.05) is 18.7 Å². The Labute approximate surface area is 102 Å². The van der Waals surface area contributed by atoms with Gasteiger partial charge in [-0.05, 0) is 13.3 Å². The van der Waals surface area contributed by atoms with Gasteiger partial charge in [-0.2, -0.15) is 5.26 Å². The normalized spacial score (nSPS) is 11.8. The largest absolute Gasteiger partial charge is 0.480 e. The summed E-state index contributed by atoms with van der Waals surface area (Å²) >= 11 is 0.939. The van der Waals surface area contributed by atoms with Gasteiger partial charge in [-0.25, -0.2) is 4.98 Å². The Kier molecular flexibility index (Phi) is 4.29. The SMILES string of the molecule is CCc1nc(S[C@H](C)C(=O)O)[nH]c(=O)c1C#N. The second-order valence-electron chi connectivity index (χ2n) is 3.26. The number of nitrogens with zero attached hydrogens (tertiary/aromatic N) is 2. The molecule has 6 nitrogen and oxygen atoms in total. The lowest BCUT2D eigenvalue weighted by atomic mass is 10.2. The summed E-state index contributed by atoms with van der Waals surface area (Å²) in [6.45, 7) is 3.27. The van der Waals surface area contributed by atoms with Crippen LogP contribution in [0.4, 0.5) is 0 Å². The molecule has 0 bridgehead atoms. The lowest BCUT2D eigenvalue weighted by molar-refractivity contribution is -0.136. The Bertz CT molecular complexity index is 533. The maximum absolute atomic E-state index is 11.5. The maximum Gasteiger partial charge on any atom is 0.316 e. The van der Waals surface area contributed by atoms with Gasteiger partial charge in [0.1, 0.15) is 16.9 Å². The van der Waals surface area contributed by atoms with E-state index in [1.165, 1.54) is 6.92 Å². The van der Waals surface area contributed by atoms with Crippen molar-refractivity contribution in [3.63, 3.8) is 0 Å². The van der Waals surface area contributed by atoms with Crippen molar-refractivity contribution in [2.45, 2.75) is 30.7 Å². The summed E-state index contributed by atoms with van der Waals surface area (Å²) in [4.78, 5) is 28.7. The Morgan fingerprint density at radius 2 is 2.35 bits per heavy atom. The average Bonchev–Trinajstić information content (AvgIpc) is 2.27. The van der Waals surface area contributed by atoms with Crippen LogP contribution in [0.2, 0.25) is 0 Å². The van der Waals surface area contributed by atoms with E-state index in [2.05, 4.69) is 9.97 Å². The van der Waals surface area contributed by atoms with Crippen molar-refractivity contribution in [2.75, 3.05) is 0 Å². The van der Waals surface area contributed by atoms with Gasteiger partial charge in [0.05, 0.1) is 5.69 Å². The van der Waals surface area contributed by atoms with Crippen LogP contribution in [0.3, 0.4) is 0 Å². The fraction of sp³-hybridized carbons (Fsp3) is 0.400. The number of aromatic nitrogens is 2. The first-order valence-corrected chi connectivity index (χ1v) is 5.80. The second-order valence-corrected chi connectivity index (χ2v) is 4.59. The van der Waals surface area contributed by atoms with E-state index in [1.54, 1.807) is 13.0 Å². The Morgan fingerprint density at radius 1 is 1.71 bits per heavy atom. The molecule has 0 saturated heterocycles. The minimum Gasteiger partial charge on any atom is -0.480 e. The van der Waals surface area contributed by atoms with Crippen molar-refractivity contribution in [3.05, 3.63) is 21.6 Å². The molecular formula is C10H11N3O3S. The molecule has 1 aromatic rings. The van der Waals surface area contributed by atoms with Crippen molar-refractivity contribution in [3.8, 4) is 6.07 Å². The Morgan fingerprint density at radius 3 is 2.82 bits per heavy atom. The molecule has 0 aromatic carbocycles. The topological polar surface area (TPSA) is 107 Å². The van der Waals surface area contributed by atoms with Gasteiger partial charge in [-0.3, -0.25) is 9.59 Å². The quantitative estimate of drug-likeness (QED) is 0.606. The predicted molar refractivity (Wildman–Crippen MR) is 61.9 cm³/mol. The molecule has 90 valence electrons. The van der Waals surface area contributed by atoms with Gasteiger partial charge in [0.2, 0.25) is 0 Å². The first-order valence-electron chi connectivity index (χ1n) is 4.92. The van der Waals surface area contributed by atoms with Crippen molar-refractivity contribution in [2.24, 2.45) is 0 Å². The lowest BCUT2D eigenvalue weighted by Crippen LogP contribution is -2.18. The lowest BCUT2D eigenvalue weighted by Gasteiger charge is -2.06. The number of nitrogens with one attached hydrogen (secondary N) is 1. The highest BCUT2D eigenvalue weighted by Crippen LogP contribution is 2.19. The molecule has 0 radical (unpaired) electrons. The van der Waals surface area contributed by atoms with E-state index in [0.29, 0.717) is 12.1 Å². The molecule has 0 amide bonds. The molecule has 1 rings (SSSR count). The van der Waals surface area contributed by atoms with E-state index in [9.17, 15) is 9.59 Å². The number of aryl methyl sites for hydroxylation is 1. The Balaban J connectivity index is 3.13. The molecular weight excluding hydrogens is 242 g/mol. The standard InChI is InChI=1S/C10H11N3O3S/c1-3-7-6(4-11)8(14)13-10(12-7)17-5(2)9(15)16/h5H,3H2,1-2H3,(H,15,16)(H,12,13,14)/t5-/m1/s1. The van der Waals surface area contributed by atoms with Gasteiger partial charge in [0.25, 0.3) is 5.56 Å². The number of carbonyl (C=O) groups is 1. The van der Waals surface area contributed by atoms with E-state index < -0.39 is 16.8 Å². The van der Waals surface area contributed by atoms with Crippen LogP contribution in [0.25, 0.3) is 0 Å². The van der Waals surface area contributed by atoms with E-state index >= 15 is 0 Å². The zero-order chi connectivity index (χ0) is 13.0. The average molecular weight is 253 g/mol. The zero-order valence-corrected chi connectivity index (χ0v) is 10.2. The summed E-state index contributed by atoms with van der Waals surface area (Å²) in [6.07, 6.45) is 0.446. The molecule has 1 aromatic heterocycles. The zero-order valence-electron chi connectivity index (χ0n) is 9.35. The van der Waals surface area contributed by atoms with E-state index in [-0.39, 0.29) is 10.7 Å². The number of rotatable bonds is 4. The van der Waals surface area contributed by atoms with Crippen molar-refractivity contribution < 1.29 is 9.90 Å². The van der Waals surface area contributed by atoms with Crippen LogP contribution in [0.1, 0.15) is 25.1 Å². The number of carboxylic acid groups (broad SMARTS) is 1. The molecule has 1 heterocycles. The van der Waals surface area contributed by atoms with Gasteiger partial charge >= 0.3 is 5.97 Å². The van der Waals surface area contributed by atoms with Crippen LogP contribution in [0, 0.1) is 11.3 Å². The summed E-state index contributed by atoms with van der Waals surface area (Å²) in [5.41, 5.74) is -0.157.